The molecule has 170 valence electrons. The van der Waals surface area contributed by atoms with Crippen molar-refractivity contribution in [2.75, 3.05) is 45.2 Å². The van der Waals surface area contributed by atoms with Gasteiger partial charge >= 0.3 is 5.69 Å². The Morgan fingerprint density at radius 1 is 1.06 bits per heavy atom. The largest absolute Gasteiger partial charge is 0.353 e. The lowest BCUT2D eigenvalue weighted by Gasteiger charge is -2.35. The molecule has 0 radical (unpaired) electrons. The minimum absolute atomic E-state index is 0.250. The highest BCUT2D eigenvalue weighted by Crippen LogP contribution is 2.15. The van der Waals surface area contributed by atoms with Gasteiger partial charge in [-0.2, -0.15) is 0 Å². The van der Waals surface area contributed by atoms with Crippen molar-refractivity contribution in [1.82, 2.24) is 33.5 Å². The van der Waals surface area contributed by atoms with E-state index in [-0.39, 0.29) is 12.5 Å². The fraction of sp³-hybridized carbons (Fsp3) is 0.476. The lowest BCUT2D eigenvalue weighted by molar-refractivity contribution is -0.132. The number of imidazole rings is 1. The molecule has 1 aliphatic rings. The van der Waals surface area contributed by atoms with Crippen LogP contribution in [0.4, 0.5) is 5.82 Å². The smallest absolute Gasteiger partial charge is 0.332 e. The Morgan fingerprint density at radius 3 is 2.41 bits per heavy atom. The fourth-order valence-electron chi connectivity index (χ4n) is 4.02. The summed E-state index contributed by atoms with van der Waals surface area (Å²) in [6.45, 7) is 2.83. The van der Waals surface area contributed by atoms with Gasteiger partial charge in [0.05, 0.1) is 6.33 Å². The van der Waals surface area contributed by atoms with Crippen LogP contribution in [0.1, 0.15) is 5.56 Å². The van der Waals surface area contributed by atoms with Gasteiger partial charge < -0.3 is 19.3 Å². The molecule has 0 unspecified atom stereocenters. The quantitative estimate of drug-likeness (QED) is 0.514. The first-order valence-electron chi connectivity index (χ1n) is 10.5. The normalized spacial score (nSPS) is 14.5. The van der Waals surface area contributed by atoms with Gasteiger partial charge in [-0.15, -0.1) is 0 Å². The van der Waals surface area contributed by atoms with E-state index in [0.717, 1.165) is 22.5 Å². The summed E-state index contributed by atoms with van der Waals surface area (Å²) in [5.41, 5.74) is 0.703. The van der Waals surface area contributed by atoms with Crippen LogP contribution in [0.25, 0.3) is 11.2 Å². The average molecular weight is 441 g/mol. The first kappa shape index (κ1) is 21.8. The van der Waals surface area contributed by atoms with Gasteiger partial charge in [-0.25, -0.2) is 19.3 Å². The second-order valence-corrected chi connectivity index (χ2v) is 8.39. The van der Waals surface area contributed by atoms with Crippen molar-refractivity contribution in [2.45, 2.75) is 13.1 Å². The van der Waals surface area contributed by atoms with Crippen LogP contribution < -0.4 is 16.1 Å². The summed E-state index contributed by atoms with van der Waals surface area (Å²) >= 11 is 0. The summed E-state index contributed by atoms with van der Waals surface area (Å²) < 4.78 is 3.85. The zero-order valence-electron chi connectivity index (χ0n) is 18.9. The number of rotatable bonds is 5. The Hall–Kier alpha value is -3.47. The molecule has 1 aliphatic heterocycles. The van der Waals surface area contributed by atoms with Crippen LogP contribution in [-0.2, 0) is 32.0 Å². The summed E-state index contributed by atoms with van der Waals surface area (Å²) in [5.74, 6) is 0.631. The predicted octanol–water partition coefficient (Wildman–Crippen LogP) is -0.761. The number of amides is 1. The Labute approximate surface area is 185 Å². The van der Waals surface area contributed by atoms with Gasteiger partial charge in [0.15, 0.2) is 11.2 Å². The number of aryl methyl sites for hydroxylation is 2. The second-order valence-electron chi connectivity index (χ2n) is 8.39. The first-order valence-corrected chi connectivity index (χ1v) is 10.5. The van der Waals surface area contributed by atoms with E-state index >= 15 is 0 Å². The minimum atomic E-state index is -0.546. The maximum atomic E-state index is 12.9. The van der Waals surface area contributed by atoms with E-state index in [1.807, 2.05) is 26.4 Å². The van der Waals surface area contributed by atoms with Crippen LogP contribution in [-0.4, -0.2) is 79.7 Å². The summed E-state index contributed by atoms with van der Waals surface area (Å²) in [6, 6.07) is 4.07. The van der Waals surface area contributed by atoms with Crippen molar-refractivity contribution >= 4 is 22.9 Å². The minimum Gasteiger partial charge on any atom is -0.353 e. The molecule has 0 N–H and O–H groups in total. The highest BCUT2D eigenvalue weighted by molar-refractivity contribution is 5.77. The SMILES string of the molecule is CN(C)Cc1ccc(N2CCN(C(=O)Cn3c(=O)c4c(ncn4C)n(C)c3=O)CC2)nc1. The Kier molecular flexibility index (Phi) is 5.83. The highest BCUT2D eigenvalue weighted by atomic mass is 16.2. The Balaban J connectivity index is 1.44. The van der Waals surface area contributed by atoms with E-state index in [1.54, 1.807) is 23.6 Å². The van der Waals surface area contributed by atoms with Gasteiger partial charge in [-0.05, 0) is 25.7 Å². The molecule has 4 heterocycles. The van der Waals surface area contributed by atoms with Crippen molar-refractivity contribution in [3.8, 4) is 0 Å². The number of nitrogens with zero attached hydrogens (tertiary/aromatic N) is 8. The molecule has 1 saturated heterocycles. The molecule has 1 amide bonds. The molecule has 11 heteroatoms. The van der Waals surface area contributed by atoms with E-state index in [0.29, 0.717) is 37.3 Å². The van der Waals surface area contributed by atoms with Crippen LogP contribution in [0.2, 0.25) is 0 Å². The lowest BCUT2D eigenvalue weighted by Crippen LogP contribution is -2.51. The molecule has 0 aromatic carbocycles. The predicted molar refractivity (Wildman–Crippen MR) is 121 cm³/mol. The average Bonchev–Trinajstić information content (AvgIpc) is 3.17. The summed E-state index contributed by atoms with van der Waals surface area (Å²) in [7, 11) is 7.27. The first-order chi connectivity index (χ1) is 15.3. The molecular formula is C21H28N8O3. The molecular weight excluding hydrogens is 412 g/mol. The van der Waals surface area contributed by atoms with E-state index in [4.69, 9.17) is 0 Å². The third-order valence-corrected chi connectivity index (χ3v) is 5.76. The highest BCUT2D eigenvalue weighted by Gasteiger charge is 2.24. The molecule has 3 aromatic rings. The molecule has 0 saturated carbocycles. The van der Waals surface area contributed by atoms with Crippen molar-refractivity contribution in [2.24, 2.45) is 14.1 Å². The second kappa shape index (κ2) is 8.58. The third kappa shape index (κ3) is 4.03. The van der Waals surface area contributed by atoms with Gasteiger partial charge in [-0.1, -0.05) is 6.07 Å². The molecule has 0 aliphatic carbocycles. The molecule has 4 rings (SSSR count). The number of piperazine rings is 1. The zero-order chi connectivity index (χ0) is 23.0. The zero-order valence-corrected chi connectivity index (χ0v) is 18.9. The van der Waals surface area contributed by atoms with Gasteiger partial charge in [-0.3, -0.25) is 14.2 Å². The number of fused-ring (bicyclic) bond motifs is 1. The molecule has 0 bridgehead atoms. The number of hydrogen-bond donors (Lipinski definition) is 0. The Bertz CT molecular complexity index is 1250. The van der Waals surface area contributed by atoms with Crippen LogP contribution in [0.15, 0.2) is 34.2 Å². The maximum absolute atomic E-state index is 12.9. The standard InChI is InChI=1S/C21H28N8O3/c1-24(2)12-15-5-6-16(22-11-15)27-7-9-28(10-8-27)17(30)13-29-20(31)18-19(23-14-25(18)3)26(4)21(29)32/h5-6,11,14H,7-10,12-13H2,1-4H3. The van der Waals surface area contributed by atoms with Gasteiger partial charge in [0.25, 0.3) is 5.56 Å². The Morgan fingerprint density at radius 2 is 1.78 bits per heavy atom. The third-order valence-electron chi connectivity index (χ3n) is 5.76. The van der Waals surface area contributed by atoms with Crippen molar-refractivity contribution in [3.63, 3.8) is 0 Å². The molecule has 1 fully saturated rings. The van der Waals surface area contributed by atoms with E-state index in [2.05, 4.69) is 25.8 Å². The van der Waals surface area contributed by atoms with Crippen LogP contribution in [0.5, 0.6) is 0 Å². The molecule has 32 heavy (non-hydrogen) atoms. The molecule has 3 aromatic heterocycles. The van der Waals surface area contributed by atoms with Crippen molar-refractivity contribution in [1.29, 1.82) is 0 Å². The number of carbonyl (C=O) groups excluding carboxylic acids is 1. The lowest BCUT2D eigenvalue weighted by atomic mass is 10.2. The summed E-state index contributed by atoms with van der Waals surface area (Å²) in [6.07, 6.45) is 3.36. The summed E-state index contributed by atoms with van der Waals surface area (Å²) in [5, 5.41) is 0. The molecule has 11 nitrogen and oxygen atoms in total. The van der Waals surface area contributed by atoms with Gasteiger partial charge in [0.2, 0.25) is 5.91 Å². The van der Waals surface area contributed by atoms with E-state index < -0.39 is 11.2 Å². The maximum Gasteiger partial charge on any atom is 0.332 e. The van der Waals surface area contributed by atoms with Crippen LogP contribution in [0, 0.1) is 0 Å². The number of aromatic nitrogens is 5. The van der Waals surface area contributed by atoms with Crippen molar-refractivity contribution < 1.29 is 4.79 Å². The molecule has 0 atom stereocenters. The topological polar surface area (TPSA) is 101 Å². The number of carbonyl (C=O) groups is 1. The van der Waals surface area contributed by atoms with Crippen LogP contribution in [0.3, 0.4) is 0 Å². The number of anilines is 1. The monoisotopic (exact) mass is 440 g/mol. The fourth-order valence-corrected chi connectivity index (χ4v) is 4.02. The van der Waals surface area contributed by atoms with Gasteiger partial charge in [0.1, 0.15) is 12.4 Å². The van der Waals surface area contributed by atoms with E-state index in [9.17, 15) is 14.4 Å². The summed E-state index contributed by atoms with van der Waals surface area (Å²) in [4.78, 5) is 53.0. The number of pyridine rings is 1. The number of hydrogen-bond acceptors (Lipinski definition) is 7. The van der Waals surface area contributed by atoms with Crippen molar-refractivity contribution in [3.05, 3.63) is 51.1 Å². The van der Waals surface area contributed by atoms with E-state index in [1.165, 1.54) is 10.9 Å². The van der Waals surface area contributed by atoms with Gasteiger partial charge in [0, 0.05) is 53.0 Å². The molecule has 0 spiro atoms. The van der Waals surface area contributed by atoms with Crippen LogP contribution >= 0.6 is 0 Å².